The van der Waals surface area contributed by atoms with Crippen LogP contribution >= 0.6 is 23.8 Å². The van der Waals surface area contributed by atoms with Crippen LogP contribution in [0.25, 0.3) is 0 Å². The summed E-state index contributed by atoms with van der Waals surface area (Å²) in [6, 6.07) is 14.5. The summed E-state index contributed by atoms with van der Waals surface area (Å²) in [7, 11) is 1.74. The maximum Gasteiger partial charge on any atom is 0.231 e. The third-order valence-corrected chi connectivity index (χ3v) is 3.67. The van der Waals surface area contributed by atoms with Crippen LogP contribution in [0.3, 0.4) is 0 Å². The van der Waals surface area contributed by atoms with Crippen LogP contribution in [0.5, 0.6) is 0 Å². The molecule has 0 saturated carbocycles. The van der Waals surface area contributed by atoms with Gasteiger partial charge in [0.1, 0.15) is 4.99 Å². The van der Waals surface area contributed by atoms with E-state index in [4.69, 9.17) is 29.6 Å². The summed E-state index contributed by atoms with van der Waals surface area (Å²) in [5.74, 6) is 0.000368. The standard InChI is InChI=1S/C16H15ClN2OS/c1-19(14-8-4-12(5-9-14)16(18)21)15(20)10-11-2-6-13(17)7-3-11/h2-9H,10H2,1H3,(H2,18,21). The predicted octanol–water partition coefficient (Wildman–Crippen LogP) is 3.18. The van der Waals surface area contributed by atoms with E-state index in [-0.39, 0.29) is 5.91 Å². The first-order valence-electron chi connectivity index (χ1n) is 6.38. The highest BCUT2D eigenvalue weighted by molar-refractivity contribution is 7.80. The number of amides is 1. The van der Waals surface area contributed by atoms with Crippen molar-refractivity contribution in [1.29, 1.82) is 0 Å². The summed E-state index contributed by atoms with van der Waals surface area (Å²) in [5, 5.41) is 0.660. The summed E-state index contributed by atoms with van der Waals surface area (Å²) in [6.45, 7) is 0. The molecule has 2 aromatic carbocycles. The molecule has 0 aromatic heterocycles. The number of carbonyl (C=O) groups excluding carboxylic acids is 1. The second-order valence-electron chi connectivity index (χ2n) is 4.67. The molecule has 0 radical (unpaired) electrons. The zero-order valence-corrected chi connectivity index (χ0v) is 13.1. The van der Waals surface area contributed by atoms with Crippen molar-refractivity contribution in [2.24, 2.45) is 5.73 Å². The van der Waals surface area contributed by atoms with Crippen molar-refractivity contribution >= 4 is 40.4 Å². The molecule has 1 amide bonds. The fourth-order valence-corrected chi connectivity index (χ4v) is 2.15. The fourth-order valence-electron chi connectivity index (χ4n) is 1.89. The summed E-state index contributed by atoms with van der Waals surface area (Å²) >= 11 is 10.7. The Morgan fingerprint density at radius 2 is 1.71 bits per heavy atom. The van der Waals surface area contributed by atoms with E-state index in [1.54, 1.807) is 24.1 Å². The summed E-state index contributed by atoms with van der Waals surface area (Å²) in [6.07, 6.45) is 0.324. The average Bonchev–Trinajstić information content (AvgIpc) is 2.49. The zero-order chi connectivity index (χ0) is 15.4. The Morgan fingerprint density at radius 1 is 1.14 bits per heavy atom. The van der Waals surface area contributed by atoms with Gasteiger partial charge in [-0.1, -0.05) is 36.0 Å². The molecule has 0 spiro atoms. The van der Waals surface area contributed by atoms with E-state index in [1.165, 1.54) is 0 Å². The van der Waals surface area contributed by atoms with Crippen molar-refractivity contribution in [3.05, 3.63) is 64.7 Å². The minimum Gasteiger partial charge on any atom is -0.389 e. The Kier molecular flexibility index (Phi) is 4.94. The largest absolute Gasteiger partial charge is 0.389 e. The third-order valence-electron chi connectivity index (χ3n) is 3.18. The lowest BCUT2D eigenvalue weighted by Crippen LogP contribution is -2.27. The van der Waals surface area contributed by atoms with Crippen molar-refractivity contribution in [1.82, 2.24) is 0 Å². The lowest BCUT2D eigenvalue weighted by Gasteiger charge is -2.17. The van der Waals surface area contributed by atoms with Crippen LogP contribution in [0.15, 0.2) is 48.5 Å². The molecule has 2 rings (SSSR count). The van der Waals surface area contributed by atoms with Gasteiger partial charge in [-0.25, -0.2) is 0 Å². The third kappa shape index (κ3) is 4.03. The number of anilines is 1. The van der Waals surface area contributed by atoms with Gasteiger partial charge in [-0.3, -0.25) is 4.79 Å². The SMILES string of the molecule is CN(C(=O)Cc1ccc(Cl)cc1)c1ccc(C(N)=S)cc1. The Hall–Kier alpha value is -1.91. The normalized spacial score (nSPS) is 10.2. The van der Waals surface area contributed by atoms with Gasteiger partial charge in [0.2, 0.25) is 5.91 Å². The zero-order valence-electron chi connectivity index (χ0n) is 11.5. The smallest absolute Gasteiger partial charge is 0.231 e. The number of rotatable bonds is 4. The van der Waals surface area contributed by atoms with Gasteiger partial charge >= 0.3 is 0 Å². The van der Waals surface area contributed by atoms with E-state index in [1.807, 2.05) is 36.4 Å². The molecule has 2 aromatic rings. The van der Waals surface area contributed by atoms with Gasteiger partial charge in [0.05, 0.1) is 6.42 Å². The molecule has 0 saturated heterocycles. The number of benzene rings is 2. The molecule has 108 valence electrons. The van der Waals surface area contributed by atoms with Gasteiger partial charge in [-0.15, -0.1) is 0 Å². The van der Waals surface area contributed by atoms with E-state index >= 15 is 0 Å². The highest BCUT2D eigenvalue weighted by Crippen LogP contribution is 2.16. The lowest BCUT2D eigenvalue weighted by atomic mass is 10.1. The van der Waals surface area contributed by atoms with E-state index in [0.29, 0.717) is 16.4 Å². The van der Waals surface area contributed by atoms with Crippen molar-refractivity contribution in [2.45, 2.75) is 6.42 Å². The molecule has 21 heavy (non-hydrogen) atoms. The first kappa shape index (κ1) is 15.5. The maximum atomic E-state index is 12.3. The van der Waals surface area contributed by atoms with E-state index in [9.17, 15) is 4.79 Å². The molecule has 5 heteroatoms. The number of nitrogens with two attached hydrogens (primary N) is 1. The van der Waals surface area contributed by atoms with Crippen LogP contribution in [0, 0.1) is 0 Å². The van der Waals surface area contributed by atoms with Crippen molar-refractivity contribution in [2.75, 3.05) is 11.9 Å². The van der Waals surface area contributed by atoms with E-state index < -0.39 is 0 Å². The molecule has 0 aliphatic carbocycles. The number of likely N-dealkylation sites (N-methyl/N-ethyl adjacent to an activating group) is 1. The van der Waals surface area contributed by atoms with Gasteiger partial charge in [0.25, 0.3) is 0 Å². The Balaban J connectivity index is 2.08. The van der Waals surface area contributed by atoms with Gasteiger partial charge in [-0.05, 0) is 42.0 Å². The fraction of sp³-hybridized carbons (Fsp3) is 0.125. The van der Waals surface area contributed by atoms with Crippen molar-refractivity contribution < 1.29 is 4.79 Å². The minimum absolute atomic E-state index is 0.000368. The summed E-state index contributed by atoms with van der Waals surface area (Å²) in [5.41, 5.74) is 8.07. The first-order chi connectivity index (χ1) is 9.97. The monoisotopic (exact) mass is 318 g/mol. The van der Waals surface area contributed by atoms with Crippen LogP contribution in [0.2, 0.25) is 5.02 Å². The van der Waals surface area contributed by atoms with Crippen molar-refractivity contribution in [3.8, 4) is 0 Å². The van der Waals surface area contributed by atoms with Crippen LogP contribution < -0.4 is 10.6 Å². The van der Waals surface area contributed by atoms with Gasteiger partial charge in [0, 0.05) is 23.3 Å². The minimum atomic E-state index is 0.000368. The molecule has 3 nitrogen and oxygen atoms in total. The molecule has 0 atom stereocenters. The number of hydrogen-bond acceptors (Lipinski definition) is 2. The first-order valence-corrected chi connectivity index (χ1v) is 7.17. The number of hydrogen-bond donors (Lipinski definition) is 1. The second kappa shape index (κ2) is 6.70. The van der Waals surface area contributed by atoms with Gasteiger partial charge < -0.3 is 10.6 Å². The van der Waals surface area contributed by atoms with E-state index in [0.717, 1.165) is 16.8 Å². The number of thiocarbonyl (C=S) groups is 1. The number of nitrogens with zero attached hydrogens (tertiary/aromatic N) is 1. The summed E-state index contributed by atoms with van der Waals surface area (Å²) < 4.78 is 0. The lowest BCUT2D eigenvalue weighted by molar-refractivity contribution is -0.117. The van der Waals surface area contributed by atoms with E-state index in [2.05, 4.69) is 0 Å². The summed E-state index contributed by atoms with van der Waals surface area (Å²) in [4.78, 5) is 14.2. The maximum absolute atomic E-state index is 12.3. The highest BCUT2D eigenvalue weighted by Gasteiger charge is 2.11. The Bertz CT molecular complexity index is 653. The highest BCUT2D eigenvalue weighted by atomic mass is 35.5. The molecular weight excluding hydrogens is 304 g/mol. The molecule has 0 unspecified atom stereocenters. The molecule has 0 heterocycles. The van der Waals surface area contributed by atoms with Gasteiger partial charge in [0.15, 0.2) is 0 Å². The average molecular weight is 319 g/mol. The Morgan fingerprint density at radius 3 is 2.24 bits per heavy atom. The topological polar surface area (TPSA) is 46.3 Å². The van der Waals surface area contributed by atoms with Crippen molar-refractivity contribution in [3.63, 3.8) is 0 Å². The second-order valence-corrected chi connectivity index (χ2v) is 5.54. The predicted molar refractivity (Wildman–Crippen MR) is 90.9 cm³/mol. The van der Waals surface area contributed by atoms with Gasteiger partial charge in [-0.2, -0.15) is 0 Å². The van der Waals surface area contributed by atoms with Crippen LogP contribution in [0.4, 0.5) is 5.69 Å². The molecular formula is C16H15ClN2OS. The molecule has 0 fully saturated rings. The van der Waals surface area contributed by atoms with Crippen LogP contribution in [-0.2, 0) is 11.2 Å². The molecule has 0 aliphatic heterocycles. The molecule has 0 aliphatic rings. The molecule has 2 N–H and O–H groups in total. The quantitative estimate of drug-likeness (QED) is 0.881. The Labute approximate surface area is 134 Å². The molecule has 0 bridgehead atoms. The number of halogens is 1. The van der Waals surface area contributed by atoms with Crippen LogP contribution in [0.1, 0.15) is 11.1 Å². The number of carbonyl (C=O) groups is 1. The van der Waals surface area contributed by atoms with Crippen LogP contribution in [-0.4, -0.2) is 17.9 Å².